The first-order valence-corrected chi connectivity index (χ1v) is 10.6. The maximum atomic E-state index is 12.8. The molecular weight excluding hydrogens is 406 g/mol. The van der Waals surface area contributed by atoms with Crippen LogP contribution in [0.1, 0.15) is 41.0 Å². The molecule has 0 unspecified atom stereocenters. The number of halogens is 1. The number of fused-ring (bicyclic) bond motifs is 1. The monoisotopic (exact) mass is 435 g/mol. The highest BCUT2D eigenvalue weighted by molar-refractivity contribution is 6.31. The lowest BCUT2D eigenvalue weighted by molar-refractivity contribution is -0.158. The van der Waals surface area contributed by atoms with Gasteiger partial charge < -0.3 is 19.5 Å². The van der Waals surface area contributed by atoms with Gasteiger partial charge in [-0.1, -0.05) is 25.4 Å². The van der Waals surface area contributed by atoms with Crippen molar-refractivity contribution in [3.05, 3.63) is 23.4 Å². The van der Waals surface area contributed by atoms with Gasteiger partial charge in [-0.3, -0.25) is 4.79 Å². The molecule has 0 saturated carbocycles. The molecule has 164 valence electrons. The molecule has 8 heteroatoms. The second kappa shape index (κ2) is 8.94. The van der Waals surface area contributed by atoms with E-state index in [1.807, 2.05) is 20.8 Å². The van der Waals surface area contributed by atoms with Crippen LogP contribution in [0.25, 0.3) is 11.0 Å². The van der Waals surface area contributed by atoms with E-state index < -0.39 is 11.6 Å². The van der Waals surface area contributed by atoms with E-state index in [0.29, 0.717) is 29.2 Å². The average Bonchev–Trinajstić information content (AvgIpc) is 3.02. The molecule has 1 aliphatic heterocycles. The van der Waals surface area contributed by atoms with Crippen LogP contribution in [0.15, 0.2) is 18.2 Å². The first-order valence-electron chi connectivity index (χ1n) is 10.2. The van der Waals surface area contributed by atoms with E-state index in [4.69, 9.17) is 25.8 Å². The predicted octanol–water partition coefficient (Wildman–Crippen LogP) is 4.02. The van der Waals surface area contributed by atoms with E-state index in [1.54, 1.807) is 25.3 Å². The van der Waals surface area contributed by atoms with Crippen molar-refractivity contribution < 1.29 is 19.0 Å². The fourth-order valence-corrected chi connectivity index (χ4v) is 3.86. The second-order valence-corrected chi connectivity index (χ2v) is 9.40. The standard InChI is InChI=1S/C22H30ClN3O4/c1-12(2)9-14-17(11-24-18(14)21(27)30-22(3,4)5)29-20-19(23)25-15-8-7-13(28-6)10-16(15)26-20/h7-8,10,12,14,17-18,24H,9,11H2,1-6H3/t14-,17+,18+/m1/s1. The molecule has 1 fully saturated rings. The summed E-state index contributed by atoms with van der Waals surface area (Å²) in [6.07, 6.45) is 0.522. The molecule has 3 atom stereocenters. The molecule has 3 rings (SSSR count). The molecule has 1 aromatic heterocycles. The first kappa shape index (κ1) is 22.6. The molecule has 0 amide bonds. The van der Waals surface area contributed by atoms with Gasteiger partial charge in [0.15, 0.2) is 5.15 Å². The highest BCUT2D eigenvalue weighted by Crippen LogP contribution is 2.32. The number of nitrogens with one attached hydrogen (secondary N) is 1. The van der Waals surface area contributed by atoms with Gasteiger partial charge in [0.1, 0.15) is 23.5 Å². The summed E-state index contributed by atoms with van der Waals surface area (Å²) in [5.41, 5.74) is 0.735. The Morgan fingerprint density at radius 3 is 2.63 bits per heavy atom. The minimum absolute atomic E-state index is 0.0706. The smallest absolute Gasteiger partial charge is 0.324 e. The van der Waals surface area contributed by atoms with Crippen molar-refractivity contribution in [2.45, 2.75) is 58.8 Å². The van der Waals surface area contributed by atoms with Crippen molar-refractivity contribution in [1.82, 2.24) is 15.3 Å². The van der Waals surface area contributed by atoms with Crippen molar-refractivity contribution in [2.75, 3.05) is 13.7 Å². The number of rotatable bonds is 6. The predicted molar refractivity (Wildman–Crippen MR) is 116 cm³/mol. The third kappa shape index (κ3) is 5.32. The molecular formula is C22H30ClN3O4. The minimum atomic E-state index is -0.549. The van der Waals surface area contributed by atoms with Crippen molar-refractivity contribution in [2.24, 2.45) is 11.8 Å². The lowest BCUT2D eigenvalue weighted by atomic mass is 9.89. The van der Waals surface area contributed by atoms with Crippen LogP contribution in [0.5, 0.6) is 11.6 Å². The van der Waals surface area contributed by atoms with Crippen LogP contribution < -0.4 is 14.8 Å². The Balaban J connectivity index is 1.85. The van der Waals surface area contributed by atoms with Crippen molar-refractivity contribution in [3.8, 4) is 11.6 Å². The van der Waals surface area contributed by atoms with Crippen LogP contribution in [-0.2, 0) is 9.53 Å². The number of methoxy groups -OCH3 is 1. The Labute approximate surface area is 182 Å². The van der Waals surface area contributed by atoms with Crippen molar-refractivity contribution >= 4 is 28.6 Å². The van der Waals surface area contributed by atoms with Crippen LogP contribution in [-0.4, -0.2) is 47.3 Å². The maximum absolute atomic E-state index is 12.8. The van der Waals surface area contributed by atoms with Gasteiger partial charge >= 0.3 is 5.97 Å². The fourth-order valence-electron chi connectivity index (χ4n) is 3.69. The quantitative estimate of drug-likeness (QED) is 0.686. The summed E-state index contributed by atoms with van der Waals surface area (Å²) < 4.78 is 17.1. The zero-order chi connectivity index (χ0) is 22.1. The summed E-state index contributed by atoms with van der Waals surface area (Å²) in [5, 5.41) is 3.46. The van der Waals surface area contributed by atoms with Crippen molar-refractivity contribution in [3.63, 3.8) is 0 Å². The third-order valence-corrected chi connectivity index (χ3v) is 5.16. The van der Waals surface area contributed by atoms with Gasteiger partial charge in [0.05, 0.1) is 18.1 Å². The van der Waals surface area contributed by atoms with Crippen LogP contribution in [0.2, 0.25) is 5.15 Å². The number of hydrogen-bond acceptors (Lipinski definition) is 7. The number of aromatic nitrogens is 2. The minimum Gasteiger partial charge on any atom is -0.497 e. The van der Waals surface area contributed by atoms with Gasteiger partial charge in [-0.15, -0.1) is 0 Å². The molecule has 0 aliphatic carbocycles. The lowest BCUT2D eigenvalue weighted by Crippen LogP contribution is -2.42. The van der Waals surface area contributed by atoms with E-state index in [0.717, 1.165) is 6.42 Å². The van der Waals surface area contributed by atoms with Gasteiger partial charge in [0.2, 0.25) is 0 Å². The lowest BCUT2D eigenvalue weighted by Gasteiger charge is -2.27. The summed E-state index contributed by atoms with van der Waals surface area (Å²) in [7, 11) is 1.60. The highest BCUT2D eigenvalue weighted by atomic mass is 35.5. The molecule has 7 nitrogen and oxygen atoms in total. The molecule has 1 N–H and O–H groups in total. The largest absolute Gasteiger partial charge is 0.497 e. The molecule has 1 aromatic carbocycles. The summed E-state index contributed by atoms with van der Waals surface area (Å²) in [5.74, 6) is 0.977. The summed E-state index contributed by atoms with van der Waals surface area (Å²) >= 11 is 6.35. The average molecular weight is 436 g/mol. The summed E-state index contributed by atoms with van der Waals surface area (Å²) in [6, 6.07) is 4.95. The van der Waals surface area contributed by atoms with Gasteiger partial charge in [-0.25, -0.2) is 9.97 Å². The Morgan fingerprint density at radius 1 is 1.27 bits per heavy atom. The molecule has 2 aromatic rings. The van der Waals surface area contributed by atoms with Crippen LogP contribution in [0.4, 0.5) is 0 Å². The zero-order valence-corrected chi connectivity index (χ0v) is 19.1. The Kier molecular flexibility index (Phi) is 6.72. The second-order valence-electron chi connectivity index (χ2n) is 9.04. The highest BCUT2D eigenvalue weighted by Gasteiger charge is 2.44. The first-order chi connectivity index (χ1) is 14.1. The van der Waals surface area contributed by atoms with Gasteiger partial charge in [0, 0.05) is 18.5 Å². The number of nitrogens with zero attached hydrogens (tertiary/aromatic N) is 2. The van der Waals surface area contributed by atoms with Gasteiger partial charge in [0.25, 0.3) is 5.88 Å². The van der Waals surface area contributed by atoms with Crippen LogP contribution in [0.3, 0.4) is 0 Å². The Bertz CT molecular complexity index is 913. The Morgan fingerprint density at radius 2 is 2.00 bits per heavy atom. The van der Waals surface area contributed by atoms with Gasteiger partial charge in [-0.2, -0.15) is 0 Å². The normalized spacial score (nSPS) is 21.8. The molecule has 1 saturated heterocycles. The number of esters is 1. The number of ether oxygens (including phenoxy) is 3. The zero-order valence-electron chi connectivity index (χ0n) is 18.4. The summed E-state index contributed by atoms with van der Waals surface area (Å²) in [6.45, 7) is 10.3. The molecule has 0 radical (unpaired) electrons. The molecule has 0 bridgehead atoms. The molecule has 0 spiro atoms. The van der Waals surface area contributed by atoms with E-state index in [-0.39, 0.29) is 29.0 Å². The number of carbonyl (C=O) groups excluding carboxylic acids is 1. The van der Waals surface area contributed by atoms with E-state index >= 15 is 0 Å². The molecule has 1 aliphatic rings. The van der Waals surface area contributed by atoms with Crippen LogP contribution >= 0.6 is 11.6 Å². The van der Waals surface area contributed by atoms with E-state index in [1.165, 1.54) is 0 Å². The van der Waals surface area contributed by atoms with Gasteiger partial charge in [-0.05, 0) is 45.2 Å². The van der Waals surface area contributed by atoms with Crippen molar-refractivity contribution in [1.29, 1.82) is 0 Å². The van der Waals surface area contributed by atoms with E-state index in [2.05, 4.69) is 29.1 Å². The SMILES string of the molecule is COc1ccc2nc(Cl)c(O[C@H]3CN[C@H](C(=O)OC(C)(C)C)[C@@H]3CC(C)C)nc2c1. The maximum Gasteiger partial charge on any atom is 0.324 e. The Hall–Kier alpha value is -2.12. The molecule has 2 heterocycles. The third-order valence-electron chi connectivity index (χ3n) is 4.91. The number of carbonyl (C=O) groups is 1. The molecule has 30 heavy (non-hydrogen) atoms. The number of hydrogen-bond donors (Lipinski definition) is 1. The summed E-state index contributed by atoms with van der Waals surface area (Å²) in [4.78, 5) is 21.7. The van der Waals surface area contributed by atoms with Crippen LogP contribution in [0, 0.1) is 11.8 Å². The topological polar surface area (TPSA) is 82.6 Å². The fraction of sp³-hybridized carbons (Fsp3) is 0.591. The number of benzene rings is 1. The van der Waals surface area contributed by atoms with E-state index in [9.17, 15) is 4.79 Å².